The number of benzene rings is 1. The van der Waals surface area contributed by atoms with Crippen LogP contribution in [0.4, 0.5) is 0 Å². The van der Waals surface area contributed by atoms with Crippen LogP contribution in [0.15, 0.2) is 36.4 Å². The van der Waals surface area contributed by atoms with Crippen LogP contribution in [0.2, 0.25) is 0 Å². The summed E-state index contributed by atoms with van der Waals surface area (Å²) in [6, 6.07) is 13.5. The van der Waals surface area contributed by atoms with Gasteiger partial charge in [0.1, 0.15) is 0 Å². The van der Waals surface area contributed by atoms with E-state index in [1.165, 1.54) is 22.2 Å². The van der Waals surface area contributed by atoms with E-state index in [2.05, 4.69) is 135 Å². The summed E-state index contributed by atoms with van der Waals surface area (Å²) >= 11 is 0. The molecule has 3 aromatic rings. The second-order valence-electron chi connectivity index (χ2n) is 15.8. The van der Waals surface area contributed by atoms with Gasteiger partial charge in [0.05, 0.1) is 0 Å². The Hall–Kier alpha value is -0.970. The van der Waals surface area contributed by atoms with Crippen molar-refractivity contribution in [3.8, 4) is 0 Å². The summed E-state index contributed by atoms with van der Waals surface area (Å²) in [6.07, 6.45) is 2.18. The van der Waals surface area contributed by atoms with Crippen LogP contribution in [0.1, 0.15) is 94.5 Å². The van der Waals surface area contributed by atoms with Gasteiger partial charge < -0.3 is 0 Å². The molecule has 0 bridgehead atoms. The van der Waals surface area contributed by atoms with Gasteiger partial charge in [0, 0.05) is 0 Å². The standard InChI is InChI=1S/C30H52B2N2P2/c1-27(2,3)35(31,28(4,5)6)19-23-17-15-21-13-14-22-16-18-24(34-26(22)25(21)33-23)20-36(32,29(7,8)9)30(10,11)12/h13-18,35-36H,19-20,31-32H2,1-12H3. The second-order valence-corrected chi connectivity index (χ2v) is 27.9. The zero-order valence-electron chi connectivity index (χ0n) is 25.8. The maximum absolute atomic E-state index is 5.33. The zero-order chi connectivity index (χ0) is 27.5. The SMILES string of the molecule is B[PH](Cc1ccc2ccc3ccc(C[PH](B)(C(C)(C)C)C(C)(C)C)nc3c2n1)(C(C)(C)C)C(C)(C)C. The Morgan fingerprint density at radius 1 is 0.500 bits per heavy atom. The minimum atomic E-state index is -1.71. The average molecular weight is 524 g/mol. The third-order valence-electron chi connectivity index (χ3n) is 10.3. The first-order valence-corrected chi connectivity index (χ1v) is 19.2. The molecule has 0 fully saturated rings. The molecule has 0 amide bonds. The molecule has 0 spiro atoms. The van der Waals surface area contributed by atoms with Crippen molar-refractivity contribution in [1.29, 1.82) is 0 Å². The van der Waals surface area contributed by atoms with Gasteiger partial charge in [0.15, 0.2) is 0 Å². The number of aromatic nitrogens is 2. The van der Waals surface area contributed by atoms with Crippen LogP contribution in [0, 0.1) is 0 Å². The number of pyridine rings is 2. The molecule has 0 aliphatic rings. The fraction of sp³-hybridized carbons (Fsp3) is 0.600. The minimum absolute atomic E-state index is 0.293. The van der Waals surface area contributed by atoms with Gasteiger partial charge in [0.2, 0.25) is 0 Å². The molecular formula is C30H52B2N2P2. The average Bonchev–Trinajstić information content (AvgIpc) is 2.70. The van der Waals surface area contributed by atoms with Gasteiger partial charge in [-0.15, -0.1) is 0 Å². The Balaban J connectivity index is 2.16. The topological polar surface area (TPSA) is 25.8 Å². The van der Waals surface area contributed by atoms with E-state index >= 15 is 0 Å². The molecule has 0 aliphatic heterocycles. The molecule has 2 aromatic heterocycles. The van der Waals surface area contributed by atoms with E-state index in [4.69, 9.17) is 9.97 Å². The van der Waals surface area contributed by atoms with Crippen LogP contribution < -0.4 is 0 Å². The molecule has 198 valence electrons. The predicted molar refractivity (Wildman–Crippen MR) is 177 cm³/mol. The van der Waals surface area contributed by atoms with Crippen LogP contribution in [0.25, 0.3) is 21.8 Å². The number of fused-ring (bicyclic) bond motifs is 3. The van der Waals surface area contributed by atoms with Gasteiger partial charge in [-0.3, -0.25) is 0 Å². The van der Waals surface area contributed by atoms with Gasteiger partial charge in [-0.05, 0) is 0 Å². The Morgan fingerprint density at radius 3 is 1.00 bits per heavy atom. The van der Waals surface area contributed by atoms with E-state index in [-0.39, 0.29) is 0 Å². The quantitative estimate of drug-likeness (QED) is 0.200. The molecule has 2 nitrogen and oxygen atoms in total. The zero-order valence-corrected chi connectivity index (χ0v) is 27.8. The van der Waals surface area contributed by atoms with E-state index in [1.807, 2.05) is 0 Å². The molecular weight excluding hydrogens is 472 g/mol. The third kappa shape index (κ3) is 5.29. The molecule has 3 rings (SSSR count). The van der Waals surface area contributed by atoms with E-state index in [0.29, 0.717) is 20.6 Å². The molecule has 1 aromatic carbocycles. The summed E-state index contributed by atoms with van der Waals surface area (Å²) < 4.78 is 0. The summed E-state index contributed by atoms with van der Waals surface area (Å²) in [5.41, 5.74) is 4.59. The maximum atomic E-state index is 5.33. The fourth-order valence-corrected chi connectivity index (χ4v) is 14.5. The number of hydrogen-bond donors (Lipinski definition) is 0. The van der Waals surface area contributed by atoms with Crippen molar-refractivity contribution >= 4 is 51.2 Å². The van der Waals surface area contributed by atoms with E-state index < -0.39 is 14.3 Å². The van der Waals surface area contributed by atoms with Crippen LogP contribution in [0.3, 0.4) is 0 Å². The van der Waals surface area contributed by atoms with E-state index in [0.717, 1.165) is 23.4 Å². The first kappa shape index (κ1) is 29.6. The summed E-state index contributed by atoms with van der Waals surface area (Å²) in [5, 5.41) is 3.56. The molecule has 0 radical (unpaired) electrons. The van der Waals surface area contributed by atoms with Crippen molar-refractivity contribution in [1.82, 2.24) is 9.97 Å². The molecule has 0 unspecified atom stereocenters. The number of hydrogen-bond acceptors (Lipinski definition) is 2. The van der Waals surface area contributed by atoms with Crippen LogP contribution >= 0.6 is 14.3 Å². The molecule has 0 aliphatic carbocycles. The third-order valence-corrected chi connectivity index (χ3v) is 25.7. The second kappa shape index (κ2) is 9.35. The first-order valence-electron chi connectivity index (χ1n) is 13.8. The van der Waals surface area contributed by atoms with Crippen LogP contribution in [-0.2, 0) is 12.3 Å². The molecule has 0 atom stereocenters. The summed E-state index contributed by atoms with van der Waals surface area (Å²) in [6.45, 7) is 29.2. The predicted octanol–water partition coefficient (Wildman–Crippen LogP) is 7.57. The molecule has 0 saturated carbocycles. The van der Waals surface area contributed by atoms with E-state index in [1.54, 1.807) is 0 Å². The summed E-state index contributed by atoms with van der Waals surface area (Å²) in [4.78, 5) is 10.7. The Morgan fingerprint density at radius 2 is 0.750 bits per heavy atom. The molecule has 6 heteroatoms. The summed E-state index contributed by atoms with van der Waals surface area (Å²) in [5.74, 6) is 0. The van der Waals surface area contributed by atoms with Crippen molar-refractivity contribution in [2.24, 2.45) is 0 Å². The van der Waals surface area contributed by atoms with Gasteiger partial charge in [-0.25, -0.2) is 0 Å². The van der Waals surface area contributed by atoms with Gasteiger partial charge >= 0.3 is 225 Å². The molecule has 0 saturated heterocycles. The molecule has 2 heterocycles. The monoisotopic (exact) mass is 524 g/mol. The Kier molecular flexibility index (Phi) is 7.68. The van der Waals surface area contributed by atoms with Crippen molar-refractivity contribution < 1.29 is 0 Å². The van der Waals surface area contributed by atoms with Crippen molar-refractivity contribution in [2.75, 3.05) is 0 Å². The van der Waals surface area contributed by atoms with Crippen LogP contribution in [0.5, 0.6) is 0 Å². The van der Waals surface area contributed by atoms with E-state index in [9.17, 15) is 0 Å². The molecule has 0 N–H and O–H groups in total. The fourth-order valence-electron chi connectivity index (χ4n) is 6.08. The first-order chi connectivity index (χ1) is 16.1. The van der Waals surface area contributed by atoms with Crippen molar-refractivity contribution in [3.05, 3.63) is 47.8 Å². The van der Waals surface area contributed by atoms with Crippen molar-refractivity contribution in [3.63, 3.8) is 0 Å². The van der Waals surface area contributed by atoms with Crippen LogP contribution in [-0.4, -0.2) is 45.7 Å². The van der Waals surface area contributed by atoms with Crippen molar-refractivity contribution in [2.45, 2.75) is 116 Å². The number of nitrogens with zero attached hydrogens (tertiary/aromatic N) is 2. The Bertz CT molecular complexity index is 1130. The van der Waals surface area contributed by atoms with Gasteiger partial charge in [0.25, 0.3) is 0 Å². The van der Waals surface area contributed by atoms with Gasteiger partial charge in [-0.1, -0.05) is 0 Å². The normalized spacial score (nSPS) is 15.4. The van der Waals surface area contributed by atoms with Gasteiger partial charge in [-0.2, -0.15) is 0 Å². The Labute approximate surface area is 224 Å². The number of rotatable bonds is 4. The summed E-state index contributed by atoms with van der Waals surface area (Å²) in [7, 11) is 1.72. The molecule has 36 heavy (non-hydrogen) atoms.